The number of ether oxygens (including phenoxy) is 3. The summed E-state index contributed by atoms with van der Waals surface area (Å²) >= 11 is 0. The highest BCUT2D eigenvalue weighted by atomic mass is 16.5. The van der Waals surface area contributed by atoms with Crippen LogP contribution in [0.15, 0.2) is 54.6 Å². The quantitative estimate of drug-likeness (QED) is 0.449. The van der Waals surface area contributed by atoms with Crippen LogP contribution >= 0.6 is 0 Å². The minimum atomic E-state index is -0.467. The molecule has 2 rings (SSSR count). The van der Waals surface area contributed by atoms with Gasteiger partial charge in [0.15, 0.2) is 6.61 Å². The van der Waals surface area contributed by atoms with E-state index in [0.29, 0.717) is 18.9 Å². The Hall–Kier alpha value is -3.02. The molecule has 0 spiro atoms. The number of carbonyl (C=O) groups is 2. The molecule has 6 heteroatoms. The van der Waals surface area contributed by atoms with Crippen molar-refractivity contribution >= 4 is 11.9 Å². The summed E-state index contributed by atoms with van der Waals surface area (Å²) in [4.78, 5) is 23.4. The highest BCUT2D eigenvalue weighted by Gasteiger charge is 2.08. The van der Waals surface area contributed by atoms with E-state index in [9.17, 15) is 9.59 Å². The molecular formula is C22H27NO5. The lowest BCUT2D eigenvalue weighted by Gasteiger charge is -2.08. The number of esters is 1. The molecule has 0 bridgehead atoms. The summed E-state index contributed by atoms with van der Waals surface area (Å²) in [5, 5.41) is 2.75. The van der Waals surface area contributed by atoms with Crippen molar-refractivity contribution in [3.05, 3.63) is 60.2 Å². The summed E-state index contributed by atoms with van der Waals surface area (Å²) < 4.78 is 15.8. The second-order valence-electron chi connectivity index (χ2n) is 6.10. The third kappa shape index (κ3) is 8.58. The molecule has 0 aliphatic heterocycles. The van der Waals surface area contributed by atoms with Crippen molar-refractivity contribution in [2.24, 2.45) is 0 Å². The second kappa shape index (κ2) is 12.4. The molecule has 6 nitrogen and oxygen atoms in total. The lowest BCUT2D eigenvalue weighted by Crippen LogP contribution is -2.30. The highest BCUT2D eigenvalue weighted by Crippen LogP contribution is 2.17. The van der Waals surface area contributed by atoms with Crippen LogP contribution in [0.5, 0.6) is 11.5 Å². The Morgan fingerprint density at radius 2 is 1.61 bits per heavy atom. The minimum absolute atomic E-state index is 0.0779. The fourth-order valence-corrected chi connectivity index (χ4v) is 2.49. The van der Waals surface area contributed by atoms with Gasteiger partial charge in [-0.3, -0.25) is 9.59 Å². The Balaban J connectivity index is 1.52. The highest BCUT2D eigenvalue weighted by molar-refractivity contribution is 5.80. The molecule has 0 heterocycles. The molecule has 150 valence electrons. The lowest BCUT2D eigenvalue weighted by molar-refractivity contribution is -0.149. The van der Waals surface area contributed by atoms with Gasteiger partial charge in [-0.2, -0.15) is 0 Å². The van der Waals surface area contributed by atoms with Crippen LogP contribution in [0.2, 0.25) is 0 Å². The SMILES string of the molecule is CCOc1ccc(OCCC(=O)OCC(=O)NCCCc2ccccc2)cc1. The van der Waals surface area contributed by atoms with Gasteiger partial charge in [0.25, 0.3) is 5.91 Å². The van der Waals surface area contributed by atoms with E-state index in [1.165, 1.54) is 5.56 Å². The van der Waals surface area contributed by atoms with Gasteiger partial charge in [-0.05, 0) is 49.6 Å². The van der Waals surface area contributed by atoms with Crippen LogP contribution in [0.1, 0.15) is 25.3 Å². The summed E-state index contributed by atoms with van der Waals surface area (Å²) in [6.07, 6.45) is 1.80. The van der Waals surface area contributed by atoms with E-state index >= 15 is 0 Å². The smallest absolute Gasteiger partial charge is 0.309 e. The summed E-state index contributed by atoms with van der Waals surface area (Å²) in [7, 11) is 0. The van der Waals surface area contributed by atoms with Gasteiger partial charge in [-0.1, -0.05) is 30.3 Å². The number of nitrogens with one attached hydrogen (secondary N) is 1. The third-order valence-electron chi connectivity index (χ3n) is 3.88. The van der Waals surface area contributed by atoms with Gasteiger partial charge in [0, 0.05) is 6.54 Å². The average Bonchev–Trinajstić information content (AvgIpc) is 2.72. The number of hydrogen-bond donors (Lipinski definition) is 1. The molecule has 2 aromatic carbocycles. The van der Waals surface area contributed by atoms with Crippen molar-refractivity contribution in [3.8, 4) is 11.5 Å². The van der Waals surface area contributed by atoms with Crippen molar-refractivity contribution in [1.82, 2.24) is 5.32 Å². The largest absolute Gasteiger partial charge is 0.494 e. The molecule has 0 atom stereocenters. The maximum absolute atomic E-state index is 11.7. The average molecular weight is 385 g/mol. The van der Waals surface area contributed by atoms with Gasteiger partial charge >= 0.3 is 5.97 Å². The number of rotatable bonds is 12. The van der Waals surface area contributed by atoms with Crippen LogP contribution in [0.4, 0.5) is 0 Å². The van der Waals surface area contributed by atoms with Gasteiger partial charge in [0.05, 0.1) is 19.6 Å². The zero-order chi connectivity index (χ0) is 20.0. The van der Waals surface area contributed by atoms with Crippen molar-refractivity contribution in [3.63, 3.8) is 0 Å². The summed E-state index contributed by atoms with van der Waals surface area (Å²) in [5.74, 6) is 0.649. The van der Waals surface area contributed by atoms with E-state index in [2.05, 4.69) is 17.4 Å². The maximum atomic E-state index is 11.7. The molecular weight excluding hydrogens is 358 g/mol. The number of hydrogen-bond acceptors (Lipinski definition) is 5. The molecule has 1 N–H and O–H groups in total. The molecule has 0 aliphatic rings. The fourth-order valence-electron chi connectivity index (χ4n) is 2.49. The number of aryl methyl sites for hydroxylation is 1. The summed E-state index contributed by atoms with van der Waals surface area (Å²) in [5.41, 5.74) is 1.23. The van der Waals surface area contributed by atoms with Crippen molar-refractivity contribution in [2.75, 3.05) is 26.4 Å². The Bertz CT molecular complexity index is 715. The molecule has 2 aromatic rings. The summed E-state index contributed by atoms with van der Waals surface area (Å²) in [6, 6.07) is 17.2. The van der Waals surface area contributed by atoms with Crippen molar-refractivity contribution < 1.29 is 23.8 Å². The molecule has 0 fully saturated rings. The normalized spacial score (nSPS) is 10.2. The Labute approximate surface area is 165 Å². The first kappa shape index (κ1) is 21.3. The molecule has 0 aliphatic carbocycles. The first-order valence-corrected chi connectivity index (χ1v) is 9.49. The first-order chi connectivity index (χ1) is 13.7. The van der Waals surface area contributed by atoms with E-state index in [-0.39, 0.29) is 25.5 Å². The third-order valence-corrected chi connectivity index (χ3v) is 3.88. The van der Waals surface area contributed by atoms with E-state index in [1.807, 2.05) is 25.1 Å². The monoisotopic (exact) mass is 385 g/mol. The Morgan fingerprint density at radius 3 is 2.29 bits per heavy atom. The Morgan fingerprint density at radius 1 is 0.929 bits per heavy atom. The molecule has 0 saturated carbocycles. The van der Waals surface area contributed by atoms with Gasteiger partial charge in [-0.25, -0.2) is 0 Å². The van der Waals surface area contributed by atoms with Crippen LogP contribution in [0.25, 0.3) is 0 Å². The zero-order valence-electron chi connectivity index (χ0n) is 16.2. The molecule has 0 unspecified atom stereocenters. The minimum Gasteiger partial charge on any atom is -0.494 e. The van der Waals surface area contributed by atoms with E-state index in [0.717, 1.165) is 18.6 Å². The van der Waals surface area contributed by atoms with Gasteiger partial charge < -0.3 is 19.5 Å². The van der Waals surface area contributed by atoms with Gasteiger partial charge in [-0.15, -0.1) is 0 Å². The summed E-state index contributed by atoms with van der Waals surface area (Å²) in [6.45, 7) is 2.98. The van der Waals surface area contributed by atoms with Crippen LogP contribution < -0.4 is 14.8 Å². The molecule has 28 heavy (non-hydrogen) atoms. The zero-order valence-corrected chi connectivity index (χ0v) is 16.2. The first-order valence-electron chi connectivity index (χ1n) is 9.49. The standard InChI is InChI=1S/C22H27NO5/c1-2-26-19-10-12-20(13-11-19)27-16-14-22(25)28-17-21(24)23-15-6-9-18-7-4-3-5-8-18/h3-5,7-8,10-13H,2,6,9,14-17H2,1H3,(H,23,24). The van der Waals surface area contributed by atoms with E-state index < -0.39 is 5.97 Å². The van der Waals surface area contributed by atoms with Crippen molar-refractivity contribution in [1.29, 1.82) is 0 Å². The number of amides is 1. The van der Waals surface area contributed by atoms with Crippen LogP contribution in [0.3, 0.4) is 0 Å². The number of carbonyl (C=O) groups excluding carboxylic acids is 2. The van der Waals surface area contributed by atoms with Gasteiger partial charge in [0.2, 0.25) is 0 Å². The van der Waals surface area contributed by atoms with Crippen LogP contribution in [-0.2, 0) is 20.7 Å². The predicted molar refractivity (Wildman–Crippen MR) is 106 cm³/mol. The molecule has 0 aromatic heterocycles. The van der Waals surface area contributed by atoms with E-state index in [4.69, 9.17) is 14.2 Å². The maximum Gasteiger partial charge on any atom is 0.309 e. The van der Waals surface area contributed by atoms with Gasteiger partial charge in [0.1, 0.15) is 11.5 Å². The van der Waals surface area contributed by atoms with Crippen LogP contribution in [0, 0.1) is 0 Å². The van der Waals surface area contributed by atoms with E-state index in [1.54, 1.807) is 24.3 Å². The topological polar surface area (TPSA) is 73.9 Å². The molecule has 0 radical (unpaired) electrons. The van der Waals surface area contributed by atoms with Crippen LogP contribution in [-0.4, -0.2) is 38.2 Å². The van der Waals surface area contributed by atoms with Crippen molar-refractivity contribution in [2.45, 2.75) is 26.2 Å². The predicted octanol–water partition coefficient (Wildman–Crippen LogP) is 3.15. The second-order valence-corrected chi connectivity index (χ2v) is 6.10. The fraction of sp³-hybridized carbons (Fsp3) is 0.364. The Kier molecular flexibility index (Phi) is 9.41. The molecule has 0 saturated heterocycles. The molecule has 1 amide bonds. The number of benzene rings is 2. The lowest BCUT2D eigenvalue weighted by atomic mass is 10.1.